The molecule has 1 aromatic heterocycles. The number of nitrogens with one attached hydrogen (secondary N) is 1. The Morgan fingerprint density at radius 3 is 3.05 bits per heavy atom. The van der Waals surface area contributed by atoms with E-state index in [9.17, 15) is 4.79 Å². The summed E-state index contributed by atoms with van der Waals surface area (Å²) in [5.74, 6) is 0.451. The lowest BCUT2D eigenvalue weighted by Gasteiger charge is -2.17. The maximum Gasteiger partial charge on any atom is 0.309 e. The van der Waals surface area contributed by atoms with E-state index in [0.29, 0.717) is 5.92 Å². The molecule has 1 aromatic rings. The van der Waals surface area contributed by atoms with Gasteiger partial charge in [-0.2, -0.15) is 0 Å². The van der Waals surface area contributed by atoms with E-state index in [1.165, 1.54) is 0 Å². The van der Waals surface area contributed by atoms with Crippen molar-refractivity contribution in [2.24, 2.45) is 0 Å². The van der Waals surface area contributed by atoms with Crippen LogP contribution in [0.15, 0.2) is 0 Å². The SMILES string of the molecule is CN1CCC(c2nc3n(c2CC(=O)O)CCCN3)C1. The first kappa shape index (κ1) is 12.5. The van der Waals surface area contributed by atoms with Gasteiger partial charge in [0.2, 0.25) is 5.95 Å². The third-order valence-electron chi connectivity index (χ3n) is 4.04. The summed E-state index contributed by atoms with van der Waals surface area (Å²) >= 11 is 0. The number of fused-ring (bicyclic) bond motifs is 1. The number of likely N-dealkylation sites (tertiary alicyclic amines) is 1. The molecule has 2 aliphatic rings. The van der Waals surface area contributed by atoms with Gasteiger partial charge in [-0.05, 0) is 26.4 Å². The van der Waals surface area contributed by atoms with Crippen molar-refractivity contribution in [2.75, 3.05) is 32.0 Å². The predicted octanol–water partition coefficient (Wildman–Crippen LogP) is 0.745. The second kappa shape index (κ2) is 4.85. The van der Waals surface area contributed by atoms with Gasteiger partial charge in [-0.15, -0.1) is 0 Å². The van der Waals surface area contributed by atoms with Crippen LogP contribution in [0.1, 0.15) is 30.1 Å². The summed E-state index contributed by atoms with van der Waals surface area (Å²) in [4.78, 5) is 18.1. The summed E-state index contributed by atoms with van der Waals surface area (Å²) in [6.45, 7) is 3.84. The molecule has 0 bridgehead atoms. The molecule has 0 aromatic carbocycles. The number of imidazole rings is 1. The zero-order valence-corrected chi connectivity index (χ0v) is 11.2. The van der Waals surface area contributed by atoms with Crippen molar-refractivity contribution in [1.29, 1.82) is 0 Å². The van der Waals surface area contributed by atoms with Crippen LogP contribution in [0.2, 0.25) is 0 Å². The molecular weight excluding hydrogens is 244 g/mol. The maximum atomic E-state index is 11.1. The average Bonchev–Trinajstić information content (AvgIpc) is 2.94. The van der Waals surface area contributed by atoms with Gasteiger partial charge in [0, 0.05) is 25.6 Å². The van der Waals surface area contributed by atoms with Crippen LogP contribution in [0, 0.1) is 0 Å². The number of likely N-dealkylation sites (N-methyl/N-ethyl adjacent to an activating group) is 1. The van der Waals surface area contributed by atoms with Gasteiger partial charge in [0.1, 0.15) is 0 Å². The van der Waals surface area contributed by atoms with Gasteiger partial charge < -0.3 is 19.9 Å². The van der Waals surface area contributed by atoms with Gasteiger partial charge in [0.25, 0.3) is 0 Å². The Labute approximate surface area is 112 Å². The molecule has 1 fully saturated rings. The Balaban J connectivity index is 1.97. The van der Waals surface area contributed by atoms with Crippen molar-refractivity contribution in [3.8, 4) is 0 Å². The molecule has 0 spiro atoms. The second-order valence-electron chi connectivity index (χ2n) is 5.52. The van der Waals surface area contributed by atoms with Crippen molar-refractivity contribution in [2.45, 2.75) is 31.7 Å². The summed E-state index contributed by atoms with van der Waals surface area (Å²) in [5, 5.41) is 12.4. The number of aromatic nitrogens is 2. The second-order valence-corrected chi connectivity index (χ2v) is 5.52. The fourth-order valence-corrected chi connectivity index (χ4v) is 3.13. The summed E-state index contributed by atoms with van der Waals surface area (Å²) < 4.78 is 2.06. The minimum Gasteiger partial charge on any atom is -0.481 e. The van der Waals surface area contributed by atoms with Crippen molar-refractivity contribution in [3.05, 3.63) is 11.4 Å². The van der Waals surface area contributed by atoms with Crippen molar-refractivity contribution in [1.82, 2.24) is 14.5 Å². The molecule has 3 rings (SSSR count). The quantitative estimate of drug-likeness (QED) is 0.843. The number of hydrogen-bond acceptors (Lipinski definition) is 4. The van der Waals surface area contributed by atoms with Crippen LogP contribution < -0.4 is 5.32 Å². The molecule has 2 aliphatic heterocycles. The minimum absolute atomic E-state index is 0.0736. The van der Waals surface area contributed by atoms with E-state index in [4.69, 9.17) is 5.11 Å². The number of carbonyl (C=O) groups is 1. The molecule has 19 heavy (non-hydrogen) atoms. The van der Waals surface area contributed by atoms with E-state index in [0.717, 1.165) is 56.4 Å². The Bertz CT molecular complexity index is 497. The van der Waals surface area contributed by atoms with Gasteiger partial charge >= 0.3 is 5.97 Å². The summed E-state index contributed by atoms with van der Waals surface area (Å²) in [6, 6.07) is 0. The highest BCUT2D eigenvalue weighted by Gasteiger charge is 2.30. The molecule has 0 saturated carbocycles. The smallest absolute Gasteiger partial charge is 0.309 e. The predicted molar refractivity (Wildman–Crippen MR) is 71.5 cm³/mol. The van der Waals surface area contributed by atoms with Gasteiger partial charge in [-0.3, -0.25) is 4.79 Å². The third-order valence-corrected chi connectivity index (χ3v) is 4.04. The molecule has 0 aliphatic carbocycles. The summed E-state index contributed by atoms with van der Waals surface area (Å²) in [7, 11) is 2.10. The Morgan fingerprint density at radius 2 is 2.37 bits per heavy atom. The van der Waals surface area contributed by atoms with E-state index in [1.807, 2.05) is 0 Å². The molecule has 104 valence electrons. The highest BCUT2D eigenvalue weighted by molar-refractivity contribution is 5.70. The van der Waals surface area contributed by atoms with E-state index in [1.54, 1.807) is 0 Å². The Hall–Kier alpha value is -1.56. The highest BCUT2D eigenvalue weighted by atomic mass is 16.4. The van der Waals surface area contributed by atoms with Gasteiger partial charge in [0.15, 0.2) is 0 Å². The van der Waals surface area contributed by atoms with E-state index in [-0.39, 0.29) is 6.42 Å². The Kier molecular flexibility index (Phi) is 3.18. The molecule has 6 heteroatoms. The van der Waals surface area contributed by atoms with Gasteiger partial charge in [0.05, 0.1) is 17.8 Å². The van der Waals surface area contributed by atoms with Gasteiger partial charge in [-0.1, -0.05) is 0 Å². The number of aliphatic carboxylic acids is 1. The van der Waals surface area contributed by atoms with Crippen LogP contribution in [-0.2, 0) is 17.8 Å². The van der Waals surface area contributed by atoms with E-state index < -0.39 is 5.97 Å². The van der Waals surface area contributed by atoms with Crippen LogP contribution in [0.4, 0.5) is 5.95 Å². The van der Waals surface area contributed by atoms with Crippen LogP contribution in [-0.4, -0.2) is 52.2 Å². The molecule has 1 atom stereocenters. The number of carboxylic acids is 1. The molecule has 0 amide bonds. The normalized spacial score (nSPS) is 23.1. The molecule has 1 unspecified atom stereocenters. The zero-order chi connectivity index (χ0) is 13.4. The van der Waals surface area contributed by atoms with Crippen LogP contribution in [0.3, 0.4) is 0 Å². The molecule has 2 N–H and O–H groups in total. The molecule has 3 heterocycles. The third kappa shape index (κ3) is 2.32. The molecule has 6 nitrogen and oxygen atoms in total. The maximum absolute atomic E-state index is 11.1. The van der Waals surface area contributed by atoms with Crippen LogP contribution in [0.25, 0.3) is 0 Å². The van der Waals surface area contributed by atoms with E-state index in [2.05, 4.69) is 26.8 Å². The Morgan fingerprint density at radius 1 is 1.53 bits per heavy atom. The van der Waals surface area contributed by atoms with Crippen LogP contribution in [0.5, 0.6) is 0 Å². The molecule has 1 saturated heterocycles. The molecular formula is C13H20N4O2. The summed E-state index contributed by atoms with van der Waals surface area (Å²) in [6.07, 6.45) is 2.17. The minimum atomic E-state index is -0.777. The topological polar surface area (TPSA) is 70.4 Å². The lowest BCUT2D eigenvalue weighted by atomic mass is 10.0. The number of anilines is 1. The fraction of sp³-hybridized carbons (Fsp3) is 0.692. The molecule has 0 radical (unpaired) electrons. The first-order valence-electron chi connectivity index (χ1n) is 6.88. The summed E-state index contributed by atoms with van der Waals surface area (Å²) in [5.41, 5.74) is 1.89. The largest absolute Gasteiger partial charge is 0.481 e. The number of rotatable bonds is 3. The first-order valence-corrected chi connectivity index (χ1v) is 6.88. The highest BCUT2D eigenvalue weighted by Crippen LogP contribution is 2.31. The monoisotopic (exact) mass is 264 g/mol. The lowest BCUT2D eigenvalue weighted by molar-refractivity contribution is -0.136. The lowest BCUT2D eigenvalue weighted by Crippen LogP contribution is -2.20. The zero-order valence-electron chi connectivity index (χ0n) is 11.2. The van der Waals surface area contributed by atoms with Crippen molar-refractivity contribution in [3.63, 3.8) is 0 Å². The van der Waals surface area contributed by atoms with Crippen molar-refractivity contribution < 1.29 is 9.90 Å². The average molecular weight is 264 g/mol. The number of carboxylic acid groups (broad SMARTS) is 1. The van der Waals surface area contributed by atoms with Crippen LogP contribution >= 0.6 is 0 Å². The van der Waals surface area contributed by atoms with Crippen molar-refractivity contribution >= 4 is 11.9 Å². The number of nitrogens with zero attached hydrogens (tertiary/aromatic N) is 3. The standard InChI is InChI=1S/C13H20N4O2/c1-16-6-3-9(8-16)12-10(7-11(18)19)17-5-2-4-14-13(17)15-12/h9H,2-8H2,1H3,(H,14,15)(H,18,19). The number of hydrogen-bond donors (Lipinski definition) is 2. The fourth-order valence-electron chi connectivity index (χ4n) is 3.13. The first-order chi connectivity index (χ1) is 9.15. The van der Waals surface area contributed by atoms with E-state index >= 15 is 0 Å². The van der Waals surface area contributed by atoms with Gasteiger partial charge in [-0.25, -0.2) is 4.98 Å².